The van der Waals surface area contributed by atoms with Crippen molar-refractivity contribution in [2.24, 2.45) is 11.8 Å². The Balaban J connectivity index is 2.31. The van der Waals surface area contributed by atoms with E-state index >= 15 is 0 Å². The van der Waals surface area contributed by atoms with E-state index in [2.05, 4.69) is 57.0 Å². The van der Waals surface area contributed by atoms with Gasteiger partial charge in [-0.25, -0.2) is 4.98 Å². The van der Waals surface area contributed by atoms with Gasteiger partial charge < -0.3 is 10.2 Å². The summed E-state index contributed by atoms with van der Waals surface area (Å²) in [7, 11) is 2.00. The topological polar surface area (TPSA) is 28.2 Å². The molecule has 0 aromatic carbocycles. The third-order valence-electron chi connectivity index (χ3n) is 4.68. The van der Waals surface area contributed by atoms with Gasteiger partial charge in [0.15, 0.2) is 0 Å². The number of aromatic nitrogens is 1. The van der Waals surface area contributed by atoms with Crippen molar-refractivity contribution < 1.29 is 0 Å². The van der Waals surface area contributed by atoms with Crippen LogP contribution in [0.1, 0.15) is 52.3 Å². The molecule has 1 aromatic heterocycles. The molecule has 0 radical (unpaired) electrons. The fourth-order valence-electron chi connectivity index (χ4n) is 2.89. The van der Waals surface area contributed by atoms with Gasteiger partial charge in [-0.2, -0.15) is 0 Å². The predicted molar refractivity (Wildman–Crippen MR) is 90.9 cm³/mol. The zero-order valence-electron chi connectivity index (χ0n) is 14.5. The van der Waals surface area contributed by atoms with Crippen molar-refractivity contribution in [1.82, 2.24) is 10.3 Å². The average Bonchev–Trinajstić information content (AvgIpc) is 2.41. The van der Waals surface area contributed by atoms with Crippen molar-refractivity contribution in [3.05, 3.63) is 23.4 Å². The van der Waals surface area contributed by atoms with Crippen LogP contribution in [0.2, 0.25) is 0 Å². The number of anilines is 1. The van der Waals surface area contributed by atoms with Gasteiger partial charge in [0, 0.05) is 30.7 Å². The zero-order valence-corrected chi connectivity index (χ0v) is 14.5. The third kappa shape index (κ3) is 3.97. The van der Waals surface area contributed by atoms with Gasteiger partial charge in [0.1, 0.15) is 5.82 Å². The summed E-state index contributed by atoms with van der Waals surface area (Å²) in [4.78, 5) is 7.44. The molecule has 118 valence electrons. The lowest BCUT2D eigenvalue weighted by molar-refractivity contribution is 0.322. The van der Waals surface area contributed by atoms with E-state index in [0.717, 1.165) is 37.3 Å². The van der Waals surface area contributed by atoms with E-state index in [-0.39, 0.29) is 5.41 Å². The van der Waals surface area contributed by atoms with Gasteiger partial charge in [0.05, 0.1) is 0 Å². The van der Waals surface area contributed by atoms with Crippen LogP contribution in [-0.4, -0.2) is 25.1 Å². The van der Waals surface area contributed by atoms with Gasteiger partial charge in [-0.15, -0.1) is 0 Å². The van der Waals surface area contributed by atoms with E-state index in [4.69, 9.17) is 4.98 Å². The number of nitrogens with zero attached hydrogens (tertiary/aromatic N) is 2. The van der Waals surface area contributed by atoms with Crippen molar-refractivity contribution in [3.63, 3.8) is 0 Å². The average molecular weight is 289 g/mol. The lowest BCUT2D eigenvalue weighted by Crippen LogP contribution is -2.39. The molecule has 1 aliphatic heterocycles. The second kappa shape index (κ2) is 6.35. The van der Waals surface area contributed by atoms with E-state index in [1.165, 1.54) is 17.7 Å². The molecule has 1 saturated heterocycles. The molecule has 2 rings (SSSR count). The Morgan fingerprint density at radius 1 is 1.24 bits per heavy atom. The summed E-state index contributed by atoms with van der Waals surface area (Å²) in [5.74, 6) is 2.72. The SMILES string of the molecule is CNCc1cc(N2CCC(C)C(C)C2)nc(C(C)(C)C)c1. The van der Waals surface area contributed by atoms with E-state index < -0.39 is 0 Å². The zero-order chi connectivity index (χ0) is 15.6. The minimum atomic E-state index is 0.0905. The molecule has 1 fully saturated rings. The Hall–Kier alpha value is -1.09. The van der Waals surface area contributed by atoms with E-state index in [1.807, 2.05) is 7.05 Å². The van der Waals surface area contributed by atoms with Crippen molar-refractivity contribution in [2.45, 2.75) is 53.0 Å². The number of pyridine rings is 1. The first-order valence-electron chi connectivity index (χ1n) is 8.22. The standard InChI is InChI=1S/C18H31N3/c1-13-7-8-21(12-14(13)2)17-10-15(11-19-6)9-16(20-17)18(3,4)5/h9-10,13-14,19H,7-8,11-12H2,1-6H3. The Bertz CT molecular complexity index is 476. The molecule has 2 heterocycles. The first-order valence-corrected chi connectivity index (χ1v) is 8.22. The van der Waals surface area contributed by atoms with Crippen molar-refractivity contribution >= 4 is 5.82 Å². The molecule has 0 saturated carbocycles. The highest BCUT2D eigenvalue weighted by Gasteiger charge is 2.25. The van der Waals surface area contributed by atoms with Crippen LogP contribution in [0.5, 0.6) is 0 Å². The van der Waals surface area contributed by atoms with Crippen LogP contribution < -0.4 is 10.2 Å². The van der Waals surface area contributed by atoms with Crippen LogP contribution in [0.4, 0.5) is 5.82 Å². The molecule has 3 heteroatoms. The minimum Gasteiger partial charge on any atom is -0.356 e. The number of rotatable bonds is 3. The molecule has 3 nitrogen and oxygen atoms in total. The lowest BCUT2D eigenvalue weighted by atomic mass is 9.88. The third-order valence-corrected chi connectivity index (χ3v) is 4.68. The summed E-state index contributed by atoms with van der Waals surface area (Å²) in [6, 6.07) is 4.50. The summed E-state index contributed by atoms with van der Waals surface area (Å²) in [5.41, 5.74) is 2.61. The Morgan fingerprint density at radius 2 is 1.95 bits per heavy atom. The Labute approximate surface area is 130 Å². The van der Waals surface area contributed by atoms with Crippen LogP contribution in [0.3, 0.4) is 0 Å². The van der Waals surface area contributed by atoms with Crippen molar-refractivity contribution in [2.75, 3.05) is 25.0 Å². The molecular formula is C18H31N3. The monoisotopic (exact) mass is 289 g/mol. The highest BCUT2D eigenvalue weighted by atomic mass is 15.2. The molecular weight excluding hydrogens is 258 g/mol. The highest BCUT2D eigenvalue weighted by molar-refractivity contribution is 5.44. The fraction of sp³-hybridized carbons (Fsp3) is 0.722. The van der Waals surface area contributed by atoms with E-state index in [1.54, 1.807) is 0 Å². The van der Waals surface area contributed by atoms with Gasteiger partial charge in [-0.05, 0) is 43.0 Å². The largest absolute Gasteiger partial charge is 0.356 e. The molecule has 1 aliphatic rings. The van der Waals surface area contributed by atoms with Gasteiger partial charge in [-0.3, -0.25) is 0 Å². The van der Waals surface area contributed by atoms with E-state index in [0.29, 0.717) is 0 Å². The number of nitrogens with one attached hydrogen (secondary N) is 1. The molecule has 0 bridgehead atoms. The van der Waals surface area contributed by atoms with Crippen LogP contribution in [0, 0.1) is 11.8 Å². The molecule has 2 unspecified atom stereocenters. The summed E-state index contributed by atoms with van der Waals surface area (Å²) in [5, 5.41) is 3.26. The normalized spacial score (nSPS) is 23.4. The maximum Gasteiger partial charge on any atom is 0.129 e. The summed E-state index contributed by atoms with van der Waals surface area (Å²) >= 11 is 0. The van der Waals surface area contributed by atoms with Gasteiger partial charge in [0.2, 0.25) is 0 Å². The quantitative estimate of drug-likeness (QED) is 0.922. The fourth-order valence-corrected chi connectivity index (χ4v) is 2.89. The van der Waals surface area contributed by atoms with Gasteiger partial charge in [-0.1, -0.05) is 34.6 Å². The van der Waals surface area contributed by atoms with Gasteiger partial charge >= 0.3 is 0 Å². The molecule has 0 spiro atoms. The summed E-state index contributed by atoms with van der Waals surface area (Å²) < 4.78 is 0. The molecule has 2 atom stereocenters. The predicted octanol–water partition coefficient (Wildman–Crippen LogP) is 3.58. The molecule has 1 aromatic rings. The number of piperidine rings is 1. The van der Waals surface area contributed by atoms with Crippen LogP contribution in [0.25, 0.3) is 0 Å². The van der Waals surface area contributed by atoms with Crippen molar-refractivity contribution in [1.29, 1.82) is 0 Å². The van der Waals surface area contributed by atoms with Gasteiger partial charge in [0.25, 0.3) is 0 Å². The first kappa shape index (κ1) is 16.3. The number of hydrogen-bond donors (Lipinski definition) is 1. The number of hydrogen-bond acceptors (Lipinski definition) is 3. The second-order valence-electron chi connectivity index (χ2n) is 7.69. The summed E-state index contributed by atoms with van der Waals surface area (Å²) in [6.07, 6.45) is 1.27. The van der Waals surface area contributed by atoms with Crippen LogP contribution >= 0.6 is 0 Å². The molecule has 0 aliphatic carbocycles. The van der Waals surface area contributed by atoms with Crippen LogP contribution in [-0.2, 0) is 12.0 Å². The maximum absolute atomic E-state index is 4.97. The first-order chi connectivity index (χ1) is 9.81. The van der Waals surface area contributed by atoms with E-state index in [9.17, 15) is 0 Å². The molecule has 0 amide bonds. The second-order valence-corrected chi connectivity index (χ2v) is 7.69. The lowest BCUT2D eigenvalue weighted by Gasteiger charge is -2.36. The smallest absolute Gasteiger partial charge is 0.129 e. The van der Waals surface area contributed by atoms with Crippen LogP contribution in [0.15, 0.2) is 12.1 Å². The Kier molecular flexibility index (Phi) is 4.92. The minimum absolute atomic E-state index is 0.0905. The summed E-state index contributed by atoms with van der Waals surface area (Å²) in [6.45, 7) is 14.6. The molecule has 1 N–H and O–H groups in total. The molecule has 21 heavy (non-hydrogen) atoms. The van der Waals surface area contributed by atoms with Crippen molar-refractivity contribution in [3.8, 4) is 0 Å². The Morgan fingerprint density at radius 3 is 2.52 bits per heavy atom. The highest BCUT2D eigenvalue weighted by Crippen LogP contribution is 2.29. The maximum atomic E-state index is 4.97.